The van der Waals surface area contributed by atoms with Crippen molar-refractivity contribution in [3.8, 4) is 10.6 Å². The van der Waals surface area contributed by atoms with E-state index < -0.39 is 0 Å². The van der Waals surface area contributed by atoms with Gasteiger partial charge in [0.1, 0.15) is 9.88 Å². The highest BCUT2D eigenvalue weighted by Crippen LogP contribution is 2.32. The number of nitrogens with zero attached hydrogens (tertiary/aromatic N) is 3. The van der Waals surface area contributed by atoms with Crippen LogP contribution in [0.15, 0.2) is 42.5 Å². The summed E-state index contributed by atoms with van der Waals surface area (Å²) >= 11 is 1.54. The molecule has 2 saturated heterocycles. The number of likely N-dealkylation sites (tertiary alicyclic amines) is 2. The largest absolute Gasteiger partial charge is 0.338 e. The topological polar surface area (TPSA) is 36.4 Å². The molecule has 4 nitrogen and oxygen atoms in total. The fraction of sp³-hybridized carbons (Fsp3) is 0.462. The van der Waals surface area contributed by atoms with Crippen molar-refractivity contribution in [2.24, 2.45) is 0 Å². The number of aryl methyl sites for hydroxylation is 1. The number of fused-ring (bicyclic) bond motifs is 1. The number of hydrogen-bond donors (Lipinski definition) is 0. The molecular formula is C26H31N3OS. The van der Waals surface area contributed by atoms with Crippen LogP contribution in [0, 0.1) is 6.92 Å². The molecule has 5 rings (SSSR count). The van der Waals surface area contributed by atoms with Gasteiger partial charge in [0.2, 0.25) is 0 Å². The van der Waals surface area contributed by atoms with Gasteiger partial charge in [0.25, 0.3) is 5.91 Å². The molecule has 2 fully saturated rings. The quantitative estimate of drug-likeness (QED) is 0.527. The van der Waals surface area contributed by atoms with E-state index in [2.05, 4.69) is 52.3 Å². The summed E-state index contributed by atoms with van der Waals surface area (Å²) < 4.78 is 0. The molecule has 31 heavy (non-hydrogen) atoms. The average Bonchev–Trinajstić information content (AvgIpc) is 3.01. The van der Waals surface area contributed by atoms with E-state index in [1.807, 2.05) is 6.92 Å². The number of carbonyl (C=O) groups is 1. The third-order valence-electron chi connectivity index (χ3n) is 6.90. The van der Waals surface area contributed by atoms with E-state index in [0.29, 0.717) is 6.04 Å². The molecule has 0 aliphatic carbocycles. The van der Waals surface area contributed by atoms with Crippen LogP contribution in [0.1, 0.15) is 53.9 Å². The van der Waals surface area contributed by atoms with Crippen molar-refractivity contribution in [1.29, 1.82) is 0 Å². The fourth-order valence-corrected chi connectivity index (χ4v) is 6.11. The molecular weight excluding hydrogens is 402 g/mol. The second-order valence-electron chi connectivity index (χ2n) is 8.97. The van der Waals surface area contributed by atoms with E-state index in [1.54, 1.807) is 11.3 Å². The van der Waals surface area contributed by atoms with E-state index in [1.165, 1.54) is 49.5 Å². The summed E-state index contributed by atoms with van der Waals surface area (Å²) in [6.07, 6.45) is 7.60. The van der Waals surface area contributed by atoms with Crippen LogP contribution in [0.25, 0.3) is 21.3 Å². The first kappa shape index (κ1) is 20.7. The number of hydrogen-bond acceptors (Lipinski definition) is 4. The maximum absolute atomic E-state index is 13.3. The standard InChI is InChI=1S/C26H31N3OS/c1-19-24(31-25(27-19)22-11-10-20-8-4-5-9-21(20)18-22)26(30)29-16-12-23(13-17-29)28-14-6-2-3-7-15-28/h4-5,8-11,18,23H,2-3,6-7,12-17H2,1H3. The van der Waals surface area contributed by atoms with Crippen LogP contribution in [0.3, 0.4) is 0 Å². The van der Waals surface area contributed by atoms with Gasteiger partial charge in [-0.15, -0.1) is 11.3 Å². The SMILES string of the molecule is Cc1nc(-c2ccc3ccccc3c2)sc1C(=O)N1CCC(N2CCCCCC2)CC1. The van der Waals surface area contributed by atoms with E-state index in [4.69, 9.17) is 4.98 Å². The second kappa shape index (κ2) is 9.09. The zero-order chi connectivity index (χ0) is 21.2. The van der Waals surface area contributed by atoms with E-state index in [-0.39, 0.29) is 5.91 Å². The van der Waals surface area contributed by atoms with Crippen molar-refractivity contribution in [3.05, 3.63) is 53.0 Å². The van der Waals surface area contributed by atoms with Crippen molar-refractivity contribution < 1.29 is 4.79 Å². The molecule has 2 aliphatic rings. The fourth-order valence-electron chi connectivity index (χ4n) is 5.08. The molecule has 2 aliphatic heterocycles. The molecule has 1 aromatic heterocycles. The van der Waals surface area contributed by atoms with Crippen LogP contribution in [-0.2, 0) is 0 Å². The first-order chi connectivity index (χ1) is 15.2. The Balaban J connectivity index is 1.28. The predicted molar refractivity (Wildman–Crippen MR) is 129 cm³/mol. The Hall–Kier alpha value is -2.24. The summed E-state index contributed by atoms with van der Waals surface area (Å²) in [7, 11) is 0. The Morgan fingerprint density at radius 1 is 0.935 bits per heavy atom. The normalized spacial score (nSPS) is 18.9. The van der Waals surface area contributed by atoms with Gasteiger partial charge in [-0.1, -0.05) is 49.2 Å². The number of aromatic nitrogens is 1. The van der Waals surface area contributed by atoms with Crippen molar-refractivity contribution >= 4 is 28.0 Å². The molecule has 0 bridgehead atoms. The molecule has 5 heteroatoms. The van der Waals surface area contributed by atoms with Crippen LogP contribution >= 0.6 is 11.3 Å². The van der Waals surface area contributed by atoms with Gasteiger partial charge in [-0.05, 0) is 62.5 Å². The predicted octanol–water partition coefficient (Wildman–Crippen LogP) is 5.75. The molecule has 3 heterocycles. The number of piperidine rings is 1. The van der Waals surface area contributed by atoms with Crippen LogP contribution in [0.2, 0.25) is 0 Å². The summed E-state index contributed by atoms with van der Waals surface area (Å²) in [5, 5.41) is 3.37. The van der Waals surface area contributed by atoms with Gasteiger partial charge in [0, 0.05) is 24.7 Å². The van der Waals surface area contributed by atoms with Gasteiger partial charge in [-0.25, -0.2) is 4.98 Å². The Kier molecular flexibility index (Phi) is 6.06. The lowest BCUT2D eigenvalue weighted by molar-refractivity contribution is 0.0626. The maximum Gasteiger partial charge on any atom is 0.265 e. The minimum absolute atomic E-state index is 0.163. The zero-order valence-electron chi connectivity index (χ0n) is 18.3. The number of amides is 1. The van der Waals surface area contributed by atoms with E-state index in [0.717, 1.165) is 47.1 Å². The molecule has 0 unspecified atom stereocenters. The molecule has 0 saturated carbocycles. The third kappa shape index (κ3) is 4.39. The lowest BCUT2D eigenvalue weighted by Crippen LogP contribution is -2.47. The second-order valence-corrected chi connectivity index (χ2v) is 9.97. The Morgan fingerprint density at radius 3 is 2.39 bits per heavy atom. The van der Waals surface area contributed by atoms with Crippen molar-refractivity contribution in [1.82, 2.24) is 14.8 Å². The van der Waals surface area contributed by atoms with Gasteiger partial charge in [-0.3, -0.25) is 4.79 Å². The Morgan fingerprint density at radius 2 is 1.65 bits per heavy atom. The molecule has 2 aromatic carbocycles. The van der Waals surface area contributed by atoms with Gasteiger partial charge in [0.05, 0.1) is 5.69 Å². The third-order valence-corrected chi connectivity index (χ3v) is 8.09. The van der Waals surface area contributed by atoms with Crippen molar-refractivity contribution in [2.75, 3.05) is 26.2 Å². The highest BCUT2D eigenvalue weighted by Gasteiger charge is 2.29. The maximum atomic E-state index is 13.3. The summed E-state index contributed by atoms with van der Waals surface area (Å²) in [6, 6.07) is 15.4. The lowest BCUT2D eigenvalue weighted by Gasteiger charge is -2.38. The Labute approximate surface area is 188 Å². The number of carbonyl (C=O) groups excluding carboxylic acids is 1. The van der Waals surface area contributed by atoms with Crippen LogP contribution in [0.5, 0.6) is 0 Å². The molecule has 3 aromatic rings. The Bertz CT molecular complexity index is 1060. The van der Waals surface area contributed by atoms with Crippen LogP contribution in [-0.4, -0.2) is 52.9 Å². The highest BCUT2D eigenvalue weighted by molar-refractivity contribution is 7.17. The van der Waals surface area contributed by atoms with Gasteiger partial charge in [-0.2, -0.15) is 0 Å². The number of benzene rings is 2. The van der Waals surface area contributed by atoms with E-state index in [9.17, 15) is 4.79 Å². The van der Waals surface area contributed by atoms with Gasteiger partial charge < -0.3 is 9.80 Å². The van der Waals surface area contributed by atoms with Crippen LogP contribution in [0.4, 0.5) is 0 Å². The highest BCUT2D eigenvalue weighted by atomic mass is 32.1. The molecule has 1 amide bonds. The summed E-state index contributed by atoms with van der Waals surface area (Å²) in [5.41, 5.74) is 1.94. The first-order valence-corrected chi connectivity index (χ1v) is 12.5. The summed E-state index contributed by atoms with van der Waals surface area (Å²) in [6.45, 7) is 6.17. The molecule has 0 radical (unpaired) electrons. The van der Waals surface area contributed by atoms with Crippen molar-refractivity contribution in [2.45, 2.75) is 51.5 Å². The van der Waals surface area contributed by atoms with E-state index >= 15 is 0 Å². The molecule has 0 atom stereocenters. The lowest BCUT2D eigenvalue weighted by atomic mass is 10.0. The first-order valence-electron chi connectivity index (χ1n) is 11.7. The molecule has 0 N–H and O–H groups in total. The average molecular weight is 434 g/mol. The zero-order valence-corrected chi connectivity index (χ0v) is 19.2. The summed E-state index contributed by atoms with van der Waals surface area (Å²) in [5.74, 6) is 0.163. The number of thiazole rings is 1. The van der Waals surface area contributed by atoms with Gasteiger partial charge >= 0.3 is 0 Å². The summed E-state index contributed by atoms with van der Waals surface area (Å²) in [4.78, 5) is 23.6. The minimum Gasteiger partial charge on any atom is -0.338 e. The molecule has 162 valence electrons. The smallest absolute Gasteiger partial charge is 0.265 e. The molecule has 0 spiro atoms. The van der Waals surface area contributed by atoms with Crippen LogP contribution < -0.4 is 0 Å². The van der Waals surface area contributed by atoms with Gasteiger partial charge in [0.15, 0.2) is 0 Å². The van der Waals surface area contributed by atoms with Crippen molar-refractivity contribution in [3.63, 3.8) is 0 Å². The minimum atomic E-state index is 0.163. The number of rotatable bonds is 3. The monoisotopic (exact) mass is 433 g/mol.